The van der Waals surface area contributed by atoms with Crippen molar-refractivity contribution in [2.45, 2.75) is 12.5 Å². The van der Waals surface area contributed by atoms with E-state index in [1.165, 1.54) is 0 Å². The Balaban J connectivity index is 1.93. The third-order valence-corrected chi connectivity index (χ3v) is 3.18. The molecule has 0 spiro atoms. The van der Waals surface area contributed by atoms with Gasteiger partial charge in [0, 0.05) is 12.2 Å². The van der Waals surface area contributed by atoms with E-state index in [1.54, 1.807) is 6.20 Å². The number of aliphatic hydroxyl groups is 1. The van der Waals surface area contributed by atoms with Crippen LogP contribution in [0.5, 0.6) is 0 Å². The van der Waals surface area contributed by atoms with E-state index in [2.05, 4.69) is 15.3 Å². The Kier molecular flexibility index (Phi) is 2.81. The maximum atomic E-state index is 11.3. The number of hydrogen-bond donors (Lipinski definition) is 4. The van der Waals surface area contributed by atoms with Crippen molar-refractivity contribution < 1.29 is 9.90 Å². The number of aromatic nitrogens is 2. The second-order valence-corrected chi connectivity index (χ2v) is 4.53. The first-order valence-corrected chi connectivity index (χ1v) is 6.03. The summed E-state index contributed by atoms with van der Waals surface area (Å²) in [5.41, 5.74) is 8.94. The van der Waals surface area contributed by atoms with Crippen molar-refractivity contribution in [3.63, 3.8) is 0 Å². The maximum Gasteiger partial charge on any atom is 0.228 e. The number of carbonyl (C=O) groups excluding carboxylic acids is 1. The molecular formula is C13H14N4O2. The van der Waals surface area contributed by atoms with E-state index in [0.717, 1.165) is 22.5 Å². The predicted molar refractivity (Wildman–Crippen MR) is 70.4 cm³/mol. The Morgan fingerprint density at radius 2 is 2.32 bits per heavy atom. The van der Waals surface area contributed by atoms with Crippen LogP contribution in [0.1, 0.15) is 17.5 Å². The number of rotatable bonds is 3. The van der Waals surface area contributed by atoms with Crippen molar-refractivity contribution in [3.8, 4) is 11.3 Å². The number of aromatic amines is 1. The highest BCUT2D eigenvalue weighted by Crippen LogP contribution is 2.28. The standard InChI is InChI=1S/C13H14N4O2/c14-5-11(18)13-15-6-10(17-13)7-1-2-9-8(3-7)4-12(19)16-9/h1-3,6,11,18H,4-5,14H2,(H,15,17)(H,16,19). The molecule has 6 nitrogen and oxygen atoms in total. The van der Waals surface area contributed by atoms with E-state index in [1.807, 2.05) is 18.2 Å². The van der Waals surface area contributed by atoms with Gasteiger partial charge in [-0.05, 0) is 23.3 Å². The van der Waals surface area contributed by atoms with Crippen LogP contribution in [0.15, 0.2) is 24.4 Å². The maximum absolute atomic E-state index is 11.3. The Morgan fingerprint density at radius 1 is 1.47 bits per heavy atom. The molecule has 1 amide bonds. The SMILES string of the molecule is NCC(O)c1ncc(-c2ccc3c(c2)CC(=O)N3)[nH]1. The first-order valence-electron chi connectivity index (χ1n) is 6.03. The minimum Gasteiger partial charge on any atom is -0.384 e. The summed E-state index contributed by atoms with van der Waals surface area (Å²) in [4.78, 5) is 18.4. The molecule has 1 aliphatic heterocycles. The zero-order valence-electron chi connectivity index (χ0n) is 10.2. The summed E-state index contributed by atoms with van der Waals surface area (Å²) in [7, 11) is 0. The molecule has 1 atom stereocenters. The van der Waals surface area contributed by atoms with Gasteiger partial charge in [-0.1, -0.05) is 6.07 Å². The predicted octanol–water partition coefficient (Wildman–Crippen LogP) is 0.563. The van der Waals surface area contributed by atoms with E-state index in [-0.39, 0.29) is 12.5 Å². The number of anilines is 1. The lowest BCUT2D eigenvalue weighted by molar-refractivity contribution is -0.115. The molecular weight excluding hydrogens is 244 g/mol. The molecule has 0 radical (unpaired) electrons. The number of H-pyrrole nitrogens is 1. The lowest BCUT2D eigenvalue weighted by Gasteiger charge is -2.04. The van der Waals surface area contributed by atoms with Crippen LogP contribution >= 0.6 is 0 Å². The largest absolute Gasteiger partial charge is 0.384 e. The van der Waals surface area contributed by atoms with E-state index in [4.69, 9.17) is 5.73 Å². The third kappa shape index (κ3) is 2.11. The number of fused-ring (bicyclic) bond motifs is 1. The molecule has 6 heteroatoms. The topological polar surface area (TPSA) is 104 Å². The second-order valence-electron chi connectivity index (χ2n) is 4.53. The highest BCUT2D eigenvalue weighted by Gasteiger charge is 2.18. The molecule has 98 valence electrons. The molecule has 19 heavy (non-hydrogen) atoms. The van der Waals surface area contributed by atoms with E-state index in [0.29, 0.717) is 12.2 Å². The molecule has 0 saturated heterocycles. The molecule has 0 saturated carbocycles. The van der Waals surface area contributed by atoms with Gasteiger partial charge in [-0.25, -0.2) is 4.98 Å². The minimum absolute atomic E-state index is 0.0102. The summed E-state index contributed by atoms with van der Waals surface area (Å²) < 4.78 is 0. The number of carbonyl (C=O) groups is 1. The van der Waals surface area contributed by atoms with Gasteiger partial charge >= 0.3 is 0 Å². The van der Waals surface area contributed by atoms with Crippen molar-refractivity contribution in [2.75, 3.05) is 11.9 Å². The normalized spacial score (nSPS) is 15.2. The van der Waals surface area contributed by atoms with Crippen LogP contribution in [0.25, 0.3) is 11.3 Å². The monoisotopic (exact) mass is 258 g/mol. The number of nitrogens with one attached hydrogen (secondary N) is 2. The van der Waals surface area contributed by atoms with Gasteiger partial charge in [0.1, 0.15) is 11.9 Å². The van der Waals surface area contributed by atoms with Crippen LogP contribution in [0.2, 0.25) is 0 Å². The van der Waals surface area contributed by atoms with Gasteiger partial charge in [0.05, 0.1) is 18.3 Å². The smallest absolute Gasteiger partial charge is 0.228 e. The number of hydrogen-bond acceptors (Lipinski definition) is 4. The number of benzene rings is 1. The fraction of sp³-hybridized carbons (Fsp3) is 0.231. The average molecular weight is 258 g/mol. The summed E-state index contributed by atoms with van der Waals surface area (Å²) in [6.45, 7) is 0.121. The number of imidazole rings is 1. The zero-order valence-corrected chi connectivity index (χ0v) is 10.2. The van der Waals surface area contributed by atoms with Gasteiger partial charge in [0.25, 0.3) is 0 Å². The van der Waals surface area contributed by atoms with Crippen LogP contribution in [0, 0.1) is 0 Å². The fourth-order valence-corrected chi connectivity index (χ4v) is 2.16. The van der Waals surface area contributed by atoms with Gasteiger partial charge in [0.2, 0.25) is 5.91 Å². The summed E-state index contributed by atoms with van der Waals surface area (Å²) in [6.07, 6.45) is 1.27. The second kappa shape index (κ2) is 4.49. The minimum atomic E-state index is -0.786. The highest BCUT2D eigenvalue weighted by atomic mass is 16.3. The first kappa shape index (κ1) is 11.9. The van der Waals surface area contributed by atoms with Gasteiger partial charge in [-0.15, -0.1) is 0 Å². The Morgan fingerprint density at radius 3 is 3.11 bits per heavy atom. The molecule has 2 aromatic rings. The van der Waals surface area contributed by atoms with Gasteiger partial charge in [-0.3, -0.25) is 4.79 Å². The van der Waals surface area contributed by atoms with Gasteiger partial charge < -0.3 is 21.1 Å². The van der Waals surface area contributed by atoms with Crippen molar-refractivity contribution in [1.82, 2.24) is 9.97 Å². The average Bonchev–Trinajstić information content (AvgIpc) is 3.01. The van der Waals surface area contributed by atoms with Crippen LogP contribution in [0.3, 0.4) is 0 Å². The molecule has 0 bridgehead atoms. The van der Waals surface area contributed by atoms with Crippen molar-refractivity contribution in [1.29, 1.82) is 0 Å². The number of nitrogens with two attached hydrogens (primary N) is 1. The van der Waals surface area contributed by atoms with Crippen molar-refractivity contribution in [2.24, 2.45) is 5.73 Å². The Hall–Kier alpha value is -2.18. The molecule has 1 aliphatic rings. The van der Waals surface area contributed by atoms with E-state index < -0.39 is 6.10 Å². The number of amides is 1. The molecule has 5 N–H and O–H groups in total. The molecule has 1 aromatic heterocycles. The number of nitrogens with zero attached hydrogens (tertiary/aromatic N) is 1. The summed E-state index contributed by atoms with van der Waals surface area (Å²) in [5, 5.41) is 12.4. The molecule has 0 fully saturated rings. The molecule has 1 unspecified atom stereocenters. The third-order valence-electron chi connectivity index (χ3n) is 3.18. The Bertz CT molecular complexity index is 635. The number of aliphatic hydroxyl groups excluding tert-OH is 1. The Labute approximate surface area is 109 Å². The van der Waals surface area contributed by atoms with Crippen LogP contribution < -0.4 is 11.1 Å². The first-order chi connectivity index (χ1) is 9.17. The van der Waals surface area contributed by atoms with Crippen molar-refractivity contribution >= 4 is 11.6 Å². The summed E-state index contributed by atoms with van der Waals surface area (Å²) >= 11 is 0. The van der Waals surface area contributed by atoms with Crippen molar-refractivity contribution in [3.05, 3.63) is 35.8 Å². The molecule has 3 rings (SSSR count). The summed E-state index contributed by atoms with van der Waals surface area (Å²) in [5.74, 6) is 0.461. The fourth-order valence-electron chi connectivity index (χ4n) is 2.16. The molecule has 0 aliphatic carbocycles. The van der Waals surface area contributed by atoms with E-state index in [9.17, 15) is 9.90 Å². The lowest BCUT2D eigenvalue weighted by Crippen LogP contribution is -2.12. The quantitative estimate of drug-likeness (QED) is 0.645. The van der Waals surface area contributed by atoms with Gasteiger partial charge in [0.15, 0.2) is 0 Å². The highest BCUT2D eigenvalue weighted by molar-refractivity contribution is 5.99. The summed E-state index contributed by atoms with van der Waals surface area (Å²) in [6, 6.07) is 5.71. The van der Waals surface area contributed by atoms with Gasteiger partial charge in [-0.2, -0.15) is 0 Å². The molecule has 2 heterocycles. The van der Waals surface area contributed by atoms with E-state index >= 15 is 0 Å². The van der Waals surface area contributed by atoms with Crippen LogP contribution in [0.4, 0.5) is 5.69 Å². The molecule has 1 aromatic carbocycles. The zero-order chi connectivity index (χ0) is 13.4. The lowest BCUT2D eigenvalue weighted by atomic mass is 10.1. The van der Waals surface area contributed by atoms with Crippen LogP contribution in [-0.2, 0) is 11.2 Å². The van der Waals surface area contributed by atoms with Crippen LogP contribution in [-0.4, -0.2) is 27.5 Å².